The van der Waals surface area contributed by atoms with Crippen LogP contribution in [0.2, 0.25) is 5.02 Å². The van der Waals surface area contributed by atoms with E-state index in [-0.39, 0.29) is 5.38 Å². The van der Waals surface area contributed by atoms with Crippen molar-refractivity contribution >= 4 is 34.2 Å². The quantitative estimate of drug-likeness (QED) is 0.620. The molecule has 0 aliphatic heterocycles. The molecular weight excluding hydrogens is 303 g/mol. The molecule has 3 rings (SSSR count). The highest BCUT2D eigenvalue weighted by Gasteiger charge is 2.29. The summed E-state index contributed by atoms with van der Waals surface area (Å²) in [6.45, 7) is 6.71. The third kappa shape index (κ3) is 2.80. The van der Waals surface area contributed by atoms with Crippen LogP contribution < -0.4 is 0 Å². The van der Waals surface area contributed by atoms with Crippen molar-refractivity contribution in [2.75, 3.05) is 0 Å². The standard InChI is InChI=1S/C17H22Cl2N2/c1-10-4-6-14(8-11(10)2)21-16-7-5-13(19)9-15(16)20-17(21)12(3)18/h5,7,9-12,14H,4,6,8H2,1-3H3. The minimum atomic E-state index is -0.0918. The number of imidazole rings is 1. The SMILES string of the molecule is CC(Cl)c1nc2cc(Cl)ccc2n1C1CCC(C)C(C)C1. The van der Waals surface area contributed by atoms with E-state index in [2.05, 4.69) is 24.5 Å². The Morgan fingerprint density at radius 1 is 1.24 bits per heavy atom. The second kappa shape index (κ2) is 5.81. The molecule has 0 radical (unpaired) electrons. The van der Waals surface area contributed by atoms with E-state index < -0.39 is 0 Å². The highest BCUT2D eigenvalue weighted by Crippen LogP contribution is 2.40. The monoisotopic (exact) mass is 324 g/mol. The minimum absolute atomic E-state index is 0.0918. The number of nitrogens with zero attached hydrogens (tertiary/aromatic N) is 2. The van der Waals surface area contributed by atoms with Crippen LogP contribution in [-0.4, -0.2) is 9.55 Å². The molecule has 1 saturated carbocycles. The highest BCUT2D eigenvalue weighted by molar-refractivity contribution is 6.31. The third-order valence-electron chi connectivity index (χ3n) is 4.97. The van der Waals surface area contributed by atoms with E-state index in [4.69, 9.17) is 28.2 Å². The van der Waals surface area contributed by atoms with Crippen LogP contribution >= 0.6 is 23.2 Å². The molecule has 0 bridgehead atoms. The molecule has 0 spiro atoms. The lowest BCUT2D eigenvalue weighted by molar-refractivity contribution is 0.211. The van der Waals surface area contributed by atoms with E-state index in [9.17, 15) is 0 Å². The smallest absolute Gasteiger partial charge is 0.127 e. The van der Waals surface area contributed by atoms with Gasteiger partial charge in [-0.05, 0) is 56.2 Å². The molecule has 1 aliphatic rings. The van der Waals surface area contributed by atoms with Crippen molar-refractivity contribution in [1.29, 1.82) is 0 Å². The van der Waals surface area contributed by atoms with E-state index in [1.807, 2.05) is 19.1 Å². The molecule has 4 heteroatoms. The van der Waals surface area contributed by atoms with Crippen LogP contribution in [0.5, 0.6) is 0 Å². The van der Waals surface area contributed by atoms with E-state index in [0.717, 1.165) is 33.7 Å². The predicted molar refractivity (Wildman–Crippen MR) is 90.2 cm³/mol. The van der Waals surface area contributed by atoms with E-state index in [1.54, 1.807) is 0 Å². The molecule has 1 fully saturated rings. The summed E-state index contributed by atoms with van der Waals surface area (Å²) in [6, 6.07) is 6.46. The number of fused-ring (bicyclic) bond motifs is 1. The summed E-state index contributed by atoms with van der Waals surface area (Å²) < 4.78 is 2.37. The van der Waals surface area contributed by atoms with Gasteiger partial charge in [0.25, 0.3) is 0 Å². The van der Waals surface area contributed by atoms with Crippen LogP contribution in [0.15, 0.2) is 18.2 Å². The van der Waals surface area contributed by atoms with Crippen LogP contribution in [0, 0.1) is 11.8 Å². The summed E-state index contributed by atoms with van der Waals surface area (Å²) in [4.78, 5) is 4.74. The Hall–Kier alpha value is -0.730. The molecule has 2 nitrogen and oxygen atoms in total. The van der Waals surface area contributed by atoms with Crippen LogP contribution in [0.3, 0.4) is 0 Å². The fourth-order valence-corrected chi connectivity index (χ4v) is 3.83. The van der Waals surface area contributed by atoms with Crippen LogP contribution in [0.4, 0.5) is 0 Å². The van der Waals surface area contributed by atoms with Crippen molar-refractivity contribution < 1.29 is 0 Å². The van der Waals surface area contributed by atoms with E-state index in [1.165, 1.54) is 19.3 Å². The van der Waals surface area contributed by atoms with Gasteiger partial charge < -0.3 is 4.57 Å². The Morgan fingerprint density at radius 2 is 2.00 bits per heavy atom. The predicted octanol–water partition coefficient (Wildman–Crippen LogP) is 5.99. The molecule has 1 aromatic heterocycles. The summed E-state index contributed by atoms with van der Waals surface area (Å²) in [5, 5.41) is 0.636. The van der Waals surface area contributed by atoms with Crippen molar-refractivity contribution in [1.82, 2.24) is 9.55 Å². The van der Waals surface area contributed by atoms with Crippen molar-refractivity contribution in [3.05, 3.63) is 29.0 Å². The lowest BCUT2D eigenvalue weighted by atomic mass is 9.79. The molecule has 114 valence electrons. The topological polar surface area (TPSA) is 17.8 Å². The maximum Gasteiger partial charge on any atom is 0.127 e. The van der Waals surface area contributed by atoms with Gasteiger partial charge in [-0.3, -0.25) is 0 Å². The van der Waals surface area contributed by atoms with Crippen LogP contribution in [0.25, 0.3) is 11.0 Å². The fourth-order valence-electron chi connectivity index (χ4n) is 3.51. The first-order chi connectivity index (χ1) is 9.97. The number of hydrogen-bond donors (Lipinski definition) is 0. The molecule has 0 saturated heterocycles. The number of aromatic nitrogens is 2. The Morgan fingerprint density at radius 3 is 2.67 bits per heavy atom. The van der Waals surface area contributed by atoms with Gasteiger partial charge >= 0.3 is 0 Å². The second-order valence-electron chi connectivity index (χ2n) is 6.51. The van der Waals surface area contributed by atoms with Crippen LogP contribution in [-0.2, 0) is 0 Å². The normalized spacial score (nSPS) is 28.0. The summed E-state index contributed by atoms with van der Waals surface area (Å²) >= 11 is 12.5. The average molecular weight is 325 g/mol. The summed E-state index contributed by atoms with van der Waals surface area (Å²) in [5.41, 5.74) is 2.12. The number of halogens is 2. The zero-order chi connectivity index (χ0) is 15.1. The molecule has 4 atom stereocenters. The van der Waals surface area contributed by atoms with Gasteiger partial charge in [0.2, 0.25) is 0 Å². The highest BCUT2D eigenvalue weighted by atomic mass is 35.5. The average Bonchev–Trinajstić information content (AvgIpc) is 2.80. The number of hydrogen-bond acceptors (Lipinski definition) is 1. The van der Waals surface area contributed by atoms with Crippen molar-refractivity contribution in [3.8, 4) is 0 Å². The maximum atomic E-state index is 6.39. The third-order valence-corrected chi connectivity index (χ3v) is 5.40. The first-order valence-electron chi connectivity index (χ1n) is 7.78. The largest absolute Gasteiger partial charge is 0.324 e. The molecule has 21 heavy (non-hydrogen) atoms. The summed E-state index contributed by atoms with van der Waals surface area (Å²) in [6.07, 6.45) is 3.68. The van der Waals surface area contributed by atoms with Crippen molar-refractivity contribution in [3.63, 3.8) is 0 Å². The molecule has 0 N–H and O–H groups in total. The summed E-state index contributed by atoms with van der Waals surface area (Å²) in [7, 11) is 0. The van der Waals surface area contributed by atoms with Crippen molar-refractivity contribution in [2.24, 2.45) is 11.8 Å². The zero-order valence-corrected chi connectivity index (χ0v) is 14.3. The first kappa shape index (κ1) is 15.2. The Bertz CT molecular complexity index is 648. The fraction of sp³-hybridized carbons (Fsp3) is 0.588. The van der Waals surface area contributed by atoms with Gasteiger partial charge in [-0.2, -0.15) is 0 Å². The van der Waals surface area contributed by atoms with Gasteiger partial charge in [-0.1, -0.05) is 25.4 Å². The number of benzene rings is 1. The van der Waals surface area contributed by atoms with Gasteiger partial charge in [-0.15, -0.1) is 11.6 Å². The molecule has 1 aromatic carbocycles. The number of alkyl halides is 1. The Balaban J connectivity index is 2.09. The second-order valence-corrected chi connectivity index (χ2v) is 7.60. The molecule has 4 unspecified atom stereocenters. The van der Waals surface area contributed by atoms with Gasteiger partial charge in [-0.25, -0.2) is 4.98 Å². The Labute approximate surface area is 136 Å². The zero-order valence-electron chi connectivity index (χ0n) is 12.8. The first-order valence-corrected chi connectivity index (χ1v) is 8.60. The lowest BCUT2D eigenvalue weighted by Gasteiger charge is -2.34. The Kier molecular flexibility index (Phi) is 4.20. The molecule has 2 aromatic rings. The van der Waals surface area contributed by atoms with E-state index >= 15 is 0 Å². The molecular formula is C17H22Cl2N2. The van der Waals surface area contributed by atoms with Crippen molar-refractivity contribution in [2.45, 2.75) is 51.5 Å². The van der Waals surface area contributed by atoms with Gasteiger partial charge in [0.15, 0.2) is 0 Å². The molecule has 1 aliphatic carbocycles. The lowest BCUT2D eigenvalue weighted by Crippen LogP contribution is -2.24. The van der Waals surface area contributed by atoms with Crippen LogP contribution in [0.1, 0.15) is 57.3 Å². The molecule has 0 amide bonds. The van der Waals surface area contributed by atoms with Gasteiger partial charge in [0, 0.05) is 11.1 Å². The van der Waals surface area contributed by atoms with Gasteiger partial charge in [0.1, 0.15) is 5.82 Å². The summed E-state index contributed by atoms with van der Waals surface area (Å²) in [5.74, 6) is 2.52. The van der Waals surface area contributed by atoms with Gasteiger partial charge in [0.05, 0.1) is 16.4 Å². The number of rotatable bonds is 2. The minimum Gasteiger partial charge on any atom is -0.324 e. The molecule has 1 heterocycles. The van der Waals surface area contributed by atoms with E-state index in [0.29, 0.717) is 6.04 Å². The maximum absolute atomic E-state index is 6.39.